The molecule has 1 heterocycles. The second kappa shape index (κ2) is 6.24. The lowest BCUT2D eigenvalue weighted by molar-refractivity contribution is -0.122. The molecule has 4 heteroatoms. The molecule has 4 nitrogen and oxygen atoms in total. The van der Waals surface area contributed by atoms with E-state index in [1.165, 1.54) is 0 Å². The number of hydrogen-bond acceptors (Lipinski definition) is 2. The quantitative estimate of drug-likeness (QED) is 0.946. The topological polar surface area (TPSA) is 49.4 Å². The third-order valence-electron chi connectivity index (χ3n) is 4.13. The van der Waals surface area contributed by atoms with E-state index in [4.69, 9.17) is 0 Å². The molecule has 1 atom stereocenters. The van der Waals surface area contributed by atoms with E-state index >= 15 is 0 Å². The van der Waals surface area contributed by atoms with Crippen LogP contribution in [0.5, 0.6) is 0 Å². The maximum Gasteiger partial charge on any atom is 0.229 e. The molecule has 0 aromatic heterocycles. The highest BCUT2D eigenvalue weighted by molar-refractivity contribution is 6.03. The van der Waals surface area contributed by atoms with Crippen molar-refractivity contribution in [2.24, 2.45) is 5.92 Å². The lowest BCUT2D eigenvalue weighted by atomic mass is 10.1. The molecule has 0 saturated carbocycles. The van der Waals surface area contributed by atoms with Crippen LogP contribution in [0.3, 0.4) is 0 Å². The first-order valence-electron chi connectivity index (χ1n) is 7.77. The van der Waals surface area contributed by atoms with Gasteiger partial charge in [0.15, 0.2) is 0 Å². The highest BCUT2D eigenvalue weighted by Gasteiger charge is 2.35. The molecule has 0 aliphatic carbocycles. The number of benzene rings is 2. The van der Waals surface area contributed by atoms with Crippen molar-refractivity contribution in [3.8, 4) is 0 Å². The van der Waals surface area contributed by atoms with Crippen molar-refractivity contribution < 1.29 is 9.59 Å². The molecule has 0 unspecified atom stereocenters. The average molecular weight is 308 g/mol. The Labute approximate surface area is 136 Å². The number of rotatable bonds is 3. The van der Waals surface area contributed by atoms with Gasteiger partial charge in [-0.3, -0.25) is 9.59 Å². The predicted molar refractivity (Wildman–Crippen MR) is 91.4 cm³/mol. The van der Waals surface area contributed by atoms with Gasteiger partial charge >= 0.3 is 0 Å². The molecule has 2 aromatic rings. The zero-order chi connectivity index (χ0) is 16.4. The molecule has 2 amide bonds. The summed E-state index contributed by atoms with van der Waals surface area (Å²) in [7, 11) is 0. The number of carbonyl (C=O) groups excluding carboxylic acids is 2. The molecule has 2 aromatic carbocycles. The van der Waals surface area contributed by atoms with E-state index in [1.54, 1.807) is 4.90 Å². The van der Waals surface area contributed by atoms with Gasteiger partial charge in [-0.25, -0.2) is 0 Å². The monoisotopic (exact) mass is 308 g/mol. The Morgan fingerprint density at radius 3 is 2.52 bits per heavy atom. The predicted octanol–water partition coefficient (Wildman–Crippen LogP) is 3.30. The Morgan fingerprint density at radius 2 is 1.83 bits per heavy atom. The van der Waals surface area contributed by atoms with Gasteiger partial charge in [-0.2, -0.15) is 0 Å². The summed E-state index contributed by atoms with van der Waals surface area (Å²) in [6.45, 7) is 4.42. The first-order chi connectivity index (χ1) is 11.0. The fourth-order valence-electron chi connectivity index (χ4n) is 2.82. The van der Waals surface area contributed by atoms with E-state index < -0.39 is 0 Å². The van der Waals surface area contributed by atoms with Gasteiger partial charge in [0.2, 0.25) is 11.8 Å². The molecular weight excluding hydrogens is 288 g/mol. The van der Waals surface area contributed by atoms with Gasteiger partial charge in [-0.1, -0.05) is 29.8 Å². The van der Waals surface area contributed by atoms with Crippen LogP contribution < -0.4 is 10.2 Å². The lowest BCUT2D eigenvalue weighted by Gasteiger charge is -2.17. The van der Waals surface area contributed by atoms with Crippen molar-refractivity contribution in [1.29, 1.82) is 0 Å². The number of carbonyl (C=O) groups is 2. The summed E-state index contributed by atoms with van der Waals surface area (Å²) in [5.41, 5.74) is 3.86. The maximum absolute atomic E-state index is 12.4. The van der Waals surface area contributed by atoms with E-state index in [2.05, 4.69) is 5.32 Å². The summed E-state index contributed by atoms with van der Waals surface area (Å²) in [6, 6.07) is 15.5. The number of nitrogens with one attached hydrogen (secondary N) is 1. The van der Waals surface area contributed by atoms with Crippen molar-refractivity contribution in [2.75, 3.05) is 16.8 Å². The maximum atomic E-state index is 12.4. The van der Waals surface area contributed by atoms with Crippen molar-refractivity contribution in [3.05, 3.63) is 59.7 Å². The van der Waals surface area contributed by atoms with Crippen LogP contribution in [0.2, 0.25) is 0 Å². The number of hydrogen-bond donors (Lipinski definition) is 1. The third kappa shape index (κ3) is 3.42. The molecule has 23 heavy (non-hydrogen) atoms. The first-order valence-corrected chi connectivity index (χ1v) is 7.77. The van der Waals surface area contributed by atoms with Gasteiger partial charge in [0, 0.05) is 24.3 Å². The van der Waals surface area contributed by atoms with Gasteiger partial charge in [-0.15, -0.1) is 0 Å². The summed E-state index contributed by atoms with van der Waals surface area (Å²) in [4.78, 5) is 26.3. The number of nitrogens with zero attached hydrogens (tertiary/aromatic N) is 1. The van der Waals surface area contributed by atoms with Crippen LogP contribution in [0.4, 0.5) is 11.4 Å². The van der Waals surface area contributed by atoms with Crippen LogP contribution in [0, 0.1) is 19.8 Å². The fraction of sp³-hybridized carbons (Fsp3) is 0.263. The Balaban J connectivity index is 1.69. The van der Waals surface area contributed by atoms with E-state index in [0.717, 1.165) is 22.5 Å². The molecule has 0 bridgehead atoms. The summed E-state index contributed by atoms with van der Waals surface area (Å²) >= 11 is 0. The van der Waals surface area contributed by atoms with Gasteiger partial charge in [0.1, 0.15) is 0 Å². The Kier molecular flexibility index (Phi) is 4.15. The normalized spacial score (nSPS) is 17.4. The minimum atomic E-state index is -0.315. The molecule has 1 fully saturated rings. The van der Waals surface area contributed by atoms with Gasteiger partial charge in [-0.05, 0) is 43.7 Å². The highest BCUT2D eigenvalue weighted by Crippen LogP contribution is 2.26. The van der Waals surface area contributed by atoms with Crippen molar-refractivity contribution >= 4 is 23.2 Å². The van der Waals surface area contributed by atoms with E-state index in [9.17, 15) is 9.59 Å². The number of amides is 2. The second-order valence-electron chi connectivity index (χ2n) is 6.10. The number of aryl methyl sites for hydroxylation is 2. The van der Waals surface area contributed by atoms with E-state index in [1.807, 2.05) is 62.4 Å². The van der Waals surface area contributed by atoms with Crippen LogP contribution >= 0.6 is 0 Å². The molecule has 1 N–H and O–H groups in total. The SMILES string of the molecule is Cc1ccc(N2C[C@@H](C(=O)Nc3cccc(C)c3)CC2=O)cc1. The summed E-state index contributed by atoms with van der Waals surface area (Å²) in [6.07, 6.45) is 0.255. The van der Waals surface area contributed by atoms with Crippen LogP contribution in [0.25, 0.3) is 0 Å². The van der Waals surface area contributed by atoms with Crippen LogP contribution in [-0.4, -0.2) is 18.4 Å². The fourth-order valence-corrected chi connectivity index (χ4v) is 2.82. The molecule has 1 saturated heterocycles. The summed E-state index contributed by atoms with van der Waals surface area (Å²) < 4.78 is 0. The van der Waals surface area contributed by atoms with Crippen LogP contribution in [0.15, 0.2) is 48.5 Å². The first kappa shape index (κ1) is 15.3. The largest absolute Gasteiger partial charge is 0.326 e. The highest BCUT2D eigenvalue weighted by atomic mass is 16.2. The molecule has 0 radical (unpaired) electrons. The van der Waals surface area contributed by atoms with Crippen LogP contribution in [-0.2, 0) is 9.59 Å². The minimum absolute atomic E-state index is 0.00162. The van der Waals surface area contributed by atoms with Crippen molar-refractivity contribution in [1.82, 2.24) is 0 Å². The van der Waals surface area contributed by atoms with Crippen molar-refractivity contribution in [2.45, 2.75) is 20.3 Å². The standard InChI is InChI=1S/C19H20N2O2/c1-13-6-8-17(9-7-13)21-12-15(11-18(21)22)19(23)20-16-5-3-4-14(2)10-16/h3-10,15H,11-12H2,1-2H3,(H,20,23)/t15-/m0/s1. The third-order valence-corrected chi connectivity index (χ3v) is 4.13. The van der Waals surface area contributed by atoms with E-state index in [-0.39, 0.29) is 24.2 Å². The van der Waals surface area contributed by atoms with Crippen LogP contribution in [0.1, 0.15) is 17.5 Å². The molecule has 118 valence electrons. The minimum Gasteiger partial charge on any atom is -0.326 e. The lowest BCUT2D eigenvalue weighted by Crippen LogP contribution is -2.28. The Morgan fingerprint density at radius 1 is 1.09 bits per heavy atom. The average Bonchev–Trinajstić information content (AvgIpc) is 2.90. The molecule has 1 aliphatic rings. The summed E-state index contributed by atoms with van der Waals surface area (Å²) in [5.74, 6) is -0.416. The molecular formula is C19H20N2O2. The van der Waals surface area contributed by atoms with Gasteiger partial charge in [0.05, 0.1) is 5.92 Å². The smallest absolute Gasteiger partial charge is 0.229 e. The molecule has 3 rings (SSSR count). The zero-order valence-electron chi connectivity index (χ0n) is 13.4. The molecule has 0 spiro atoms. The van der Waals surface area contributed by atoms with Crippen molar-refractivity contribution in [3.63, 3.8) is 0 Å². The summed E-state index contributed by atoms with van der Waals surface area (Å²) in [5, 5.41) is 2.91. The van der Waals surface area contributed by atoms with E-state index in [0.29, 0.717) is 6.54 Å². The second-order valence-corrected chi connectivity index (χ2v) is 6.10. The Hall–Kier alpha value is -2.62. The number of anilines is 2. The van der Waals surface area contributed by atoms with Gasteiger partial charge < -0.3 is 10.2 Å². The Bertz CT molecular complexity index is 737. The van der Waals surface area contributed by atoms with Gasteiger partial charge in [0.25, 0.3) is 0 Å². The zero-order valence-corrected chi connectivity index (χ0v) is 13.4. The molecule has 1 aliphatic heterocycles.